The van der Waals surface area contributed by atoms with E-state index in [2.05, 4.69) is 33.0 Å². The highest BCUT2D eigenvalue weighted by Crippen LogP contribution is 2.64. The predicted octanol–water partition coefficient (Wildman–Crippen LogP) is 3.90. The van der Waals surface area contributed by atoms with Crippen LogP contribution in [0.2, 0.25) is 0 Å². The van der Waals surface area contributed by atoms with E-state index in [0.717, 1.165) is 11.4 Å². The molecular formula is C16H26N2O. The van der Waals surface area contributed by atoms with E-state index >= 15 is 0 Å². The van der Waals surface area contributed by atoms with Crippen molar-refractivity contribution >= 4 is 11.4 Å². The Morgan fingerprint density at radius 3 is 2.21 bits per heavy atom. The number of para-hydroxylation sites is 1. The van der Waals surface area contributed by atoms with Crippen molar-refractivity contribution in [2.45, 2.75) is 53.7 Å². The third-order valence-electron chi connectivity index (χ3n) is 4.75. The van der Waals surface area contributed by atoms with Crippen LogP contribution in [0, 0.1) is 10.8 Å². The second kappa shape index (κ2) is 4.32. The summed E-state index contributed by atoms with van der Waals surface area (Å²) in [6.07, 6.45) is 0.131. The molecule has 0 unspecified atom stereocenters. The fourth-order valence-corrected chi connectivity index (χ4v) is 2.74. The molecule has 0 aliphatic heterocycles. The smallest absolute Gasteiger partial charge is 0.144 e. The van der Waals surface area contributed by atoms with Gasteiger partial charge in [0.2, 0.25) is 0 Å². The molecule has 1 fully saturated rings. The number of anilines is 2. The number of nitrogens with two attached hydrogens (primary N) is 1. The Morgan fingerprint density at radius 1 is 1.16 bits per heavy atom. The van der Waals surface area contributed by atoms with Gasteiger partial charge in [-0.25, -0.2) is 0 Å². The van der Waals surface area contributed by atoms with Gasteiger partial charge in [0.05, 0.1) is 17.5 Å². The molecule has 0 aromatic heterocycles. The predicted molar refractivity (Wildman–Crippen MR) is 81.6 cm³/mol. The zero-order valence-electron chi connectivity index (χ0n) is 12.9. The molecule has 0 amide bonds. The lowest BCUT2D eigenvalue weighted by atomic mass is 10.0. The maximum Gasteiger partial charge on any atom is 0.144 e. The third kappa shape index (κ3) is 2.26. The zero-order valence-corrected chi connectivity index (χ0v) is 12.9. The van der Waals surface area contributed by atoms with Gasteiger partial charge in [-0.2, -0.15) is 0 Å². The molecule has 1 saturated carbocycles. The lowest BCUT2D eigenvalue weighted by Gasteiger charge is -2.16. The number of benzene rings is 1. The summed E-state index contributed by atoms with van der Waals surface area (Å²) < 4.78 is 5.73. The Balaban J connectivity index is 2.19. The molecule has 0 heterocycles. The average Bonchev–Trinajstić information content (AvgIpc) is 2.65. The van der Waals surface area contributed by atoms with Gasteiger partial charge < -0.3 is 15.8 Å². The molecule has 2 rings (SSSR count). The van der Waals surface area contributed by atoms with E-state index in [0.29, 0.717) is 11.7 Å². The van der Waals surface area contributed by atoms with Gasteiger partial charge in [0.25, 0.3) is 0 Å². The molecule has 0 saturated heterocycles. The van der Waals surface area contributed by atoms with Crippen LogP contribution in [0.25, 0.3) is 0 Å². The van der Waals surface area contributed by atoms with Gasteiger partial charge in [0, 0.05) is 6.04 Å². The molecule has 19 heavy (non-hydrogen) atoms. The van der Waals surface area contributed by atoms with Gasteiger partial charge in [0.15, 0.2) is 0 Å². The highest BCUT2D eigenvalue weighted by Gasteiger charge is 2.65. The number of ether oxygens (including phenoxy) is 1. The van der Waals surface area contributed by atoms with Gasteiger partial charge in [-0.3, -0.25) is 0 Å². The minimum absolute atomic E-state index is 0.131. The van der Waals surface area contributed by atoms with Crippen LogP contribution >= 0.6 is 0 Å². The zero-order chi connectivity index (χ0) is 14.4. The number of nitrogens with one attached hydrogen (secondary N) is 1. The van der Waals surface area contributed by atoms with E-state index in [4.69, 9.17) is 10.5 Å². The first-order valence-electron chi connectivity index (χ1n) is 6.99. The molecule has 3 N–H and O–H groups in total. The molecule has 0 bridgehead atoms. The SMILES string of the molecule is CC(C)Oc1cccc(NC2C(C)(C)C2(C)C)c1N. The van der Waals surface area contributed by atoms with Crippen molar-refractivity contribution in [2.75, 3.05) is 11.1 Å². The van der Waals surface area contributed by atoms with Gasteiger partial charge >= 0.3 is 0 Å². The van der Waals surface area contributed by atoms with Gasteiger partial charge in [-0.1, -0.05) is 33.8 Å². The van der Waals surface area contributed by atoms with Gasteiger partial charge in [-0.15, -0.1) is 0 Å². The Bertz CT molecular complexity index is 464. The van der Waals surface area contributed by atoms with E-state index in [1.54, 1.807) is 0 Å². The highest BCUT2D eigenvalue weighted by atomic mass is 16.5. The lowest BCUT2D eigenvalue weighted by Crippen LogP contribution is -2.13. The second-order valence-corrected chi connectivity index (χ2v) is 6.90. The third-order valence-corrected chi connectivity index (χ3v) is 4.75. The van der Waals surface area contributed by atoms with E-state index in [1.165, 1.54) is 0 Å². The molecule has 0 spiro atoms. The molecule has 0 atom stereocenters. The molecule has 0 radical (unpaired) electrons. The van der Waals surface area contributed by atoms with Crippen LogP contribution in [-0.4, -0.2) is 12.1 Å². The monoisotopic (exact) mass is 262 g/mol. The summed E-state index contributed by atoms with van der Waals surface area (Å²) >= 11 is 0. The Morgan fingerprint density at radius 2 is 1.74 bits per heavy atom. The number of hydrogen-bond donors (Lipinski definition) is 2. The largest absolute Gasteiger partial charge is 0.489 e. The van der Waals surface area contributed by atoms with Crippen molar-refractivity contribution in [1.29, 1.82) is 0 Å². The summed E-state index contributed by atoms with van der Waals surface area (Å²) in [5.41, 5.74) is 8.45. The van der Waals surface area contributed by atoms with Crippen molar-refractivity contribution in [1.82, 2.24) is 0 Å². The topological polar surface area (TPSA) is 47.3 Å². The second-order valence-electron chi connectivity index (χ2n) is 6.90. The lowest BCUT2D eigenvalue weighted by molar-refractivity contribution is 0.244. The Kier molecular flexibility index (Phi) is 3.20. The maximum atomic E-state index is 6.20. The molecule has 1 aliphatic rings. The quantitative estimate of drug-likeness (QED) is 0.809. The Hall–Kier alpha value is -1.38. The van der Waals surface area contributed by atoms with E-state index in [-0.39, 0.29) is 16.9 Å². The van der Waals surface area contributed by atoms with Crippen LogP contribution in [0.15, 0.2) is 18.2 Å². The van der Waals surface area contributed by atoms with Crippen LogP contribution in [-0.2, 0) is 0 Å². The maximum absolute atomic E-state index is 6.20. The fourth-order valence-electron chi connectivity index (χ4n) is 2.74. The van der Waals surface area contributed by atoms with Gasteiger partial charge in [-0.05, 0) is 36.8 Å². The normalized spacial score (nSPS) is 20.4. The first-order valence-corrected chi connectivity index (χ1v) is 6.99. The number of hydrogen-bond acceptors (Lipinski definition) is 3. The molecule has 1 aromatic rings. The Labute approximate surface area is 116 Å². The molecule has 3 nitrogen and oxygen atoms in total. The minimum atomic E-state index is 0.131. The van der Waals surface area contributed by atoms with Crippen LogP contribution in [0.1, 0.15) is 41.5 Å². The van der Waals surface area contributed by atoms with Crippen LogP contribution in [0.5, 0.6) is 5.75 Å². The van der Waals surface area contributed by atoms with Crippen LogP contribution in [0.3, 0.4) is 0 Å². The van der Waals surface area contributed by atoms with E-state index < -0.39 is 0 Å². The van der Waals surface area contributed by atoms with Crippen molar-refractivity contribution in [3.05, 3.63) is 18.2 Å². The highest BCUT2D eigenvalue weighted by molar-refractivity contribution is 5.74. The minimum Gasteiger partial charge on any atom is -0.489 e. The average molecular weight is 262 g/mol. The van der Waals surface area contributed by atoms with Crippen LogP contribution < -0.4 is 15.8 Å². The van der Waals surface area contributed by atoms with E-state index in [1.807, 2.05) is 32.0 Å². The van der Waals surface area contributed by atoms with Crippen LogP contribution in [0.4, 0.5) is 11.4 Å². The molecular weight excluding hydrogens is 236 g/mol. The summed E-state index contributed by atoms with van der Waals surface area (Å²) in [4.78, 5) is 0. The van der Waals surface area contributed by atoms with Crippen molar-refractivity contribution < 1.29 is 4.74 Å². The first kappa shape index (κ1) is 14.0. The number of nitrogen functional groups attached to an aromatic ring is 1. The van der Waals surface area contributed by atoms with Crippen molar-refractivity contribution in [3.8, 4) is 5.75 Å². The van der Waals surface area contributed by atoms with E-state index in [9.17, 15) is 0 Å². The summed E-state index contributed by atoms with van der Waals surface area (Å²) in [5, 5.41) is 3.57. The standard InChI is InChI=1S/C16H26N2O/c1-10(2)19-12-9-7-8-11(13(12)17)18-14-15(3,4)16(14,5)6/h7-10,14,18H,17H2,1-6H3. The molecule has 106 valence electrons. The number of rotatable bonds is 4. The van der Waals surface area contributed by atoms with Gasteiger partial charge in [0.1, 0.15) is 5.75 Å². The summed E-state index contributed by atoms with van der Waals surface area (Å²) in [5.74, 6) is 0.760. The molecule has 3 heteroatoms. The van der Waals surface area contributed by atoms with Crippen molar-refractivity contribution in [3.63, 3.8) is 0 Å². The summed E-state index contributed by atoms with van der Waals surface area (Å²) in [7, 11) is 0. The fraction of sp³-hybridized carbons (Fsp3) is 0.625. The molecule has 1 aliphatic carbocycles. The first-order chi connectivity index (χ1) is 8.68. The molecule has 1 aromatic carbocycles. The summed E-state index contributed by atoms with van der Waals surface area (Å²) in [6.45, 7) is 13.2. The summed E-state index contributed by atoms with van der Waals surface area (Å²) in [6, 6.07) is 6.37. The van der Waals surface area contributed by atoms with Crippen molar-refractivity contribution in [2.24, 2.45) is 10.8 Å².